The lowest BCUT2D eigenvalue weighted by Crippen LogP contribution is -2.03. The Kier molecular flexibility index (Phi) is 4.25. The molecule has 0 aliphatic rings. The summed E-state index contributed by atoms with van der Waals surface area (Å²) >= 11 is 3.68. The molecule has 2 nitrogen and oxygen atoms in total. The van der Waals surface area contributed by atoms with Gasteiger partial charge >= 0.3 is 5.97 Å². The molecule has 0 unspecified atom stereocenters. The molecule has 4 heteroatoms. The van der Waals surface area contributed by atoms with Crippen LogP contribution in [-0.2, 0) is 4.74 Å². The van der Waals surface area contributed by atoms with Crippen LogP contribution < -0.4 is 0 Å². The molecular formula is C9H7IO2S. The van der Waals surface area contributed by atoms with Crippen LogP contribution in [0.5, 0.6) is 0 Å². The van der Waals surface area contributed by atoms with E-state index in [2.05, 4.69) is 34.4 Å². The molecule has 0 bridgehead atoms. The molecule has 0 radical (unpaired) electrons. The number of carbonyl (C=O) groups excluding carboxylic acids is 1. The molecule has 0 atom stereocenters. The van der Waals surface area contributed by atoms with Gasteiger partial charge in [-0.3, -0.25) is 0 Å². The summed E-state index contributed by atoms with van der Waals surface area (Å²) in [6.45, 7) is 1.88. The standard InChI is InChI=1S/C9H7IO2S/c1-2-3-4-12-9(11)7-5-8(10)13-6-7/h5-6H,4H2,1H3. The maximum atomic E-state index is 11.2. The zero-order valence-electron chi connectivity index (χ0n) is 6.96. The van der Waals surface area contributed by atoms with E-state index in [0.717, 1.165) is 2.88 Å². The van der Waals surface area contributed by atoms with Crippen LogP contribution in [0.2, 0.25) is 0 Å². The minimum Gasteiger partial charge on any atom is -0.449 e. The van der Waals surface area contributed by atoms with Gasteiger partial charge in [-0.2, -0.15) is 0 Å². The fraction of sp³-hybridized carbons (Fsp3) is 0.222. The van der Waals surface area contributed by atoms with Crippen molar-refractivity contribution in [1.82, 2.24) is 0 Å². The molecule has 0 spiro atoms. The third kappa shape index (κ3) is 3.36. The molecule has 1 heterocycles. The monoisotopic (exact) mass is 306 g/mol. The molecule has 0 aromatic carbocycles. The van der Waals surface area contributed by atoms with Gasteiger partial charge in [0.05, 0.1) is 8.45 Å². The number of esters is 1. The molecule has 0 fully saturated rings. The summed E-state index contributed by atoms with van der Waals surface area (Å²) in [6.07, 6.45) is 0. The normalized spacial score (nSPS) is 8.77. The number of thiophene rings is 1. The van der Waals surface area contributed by atoms with Crippen molar-refractivity contribution in [2.24, 2.45) is 0 Å². The van der Waals surface area contributed by atoms with Crippen molar-refractivity contribution < 1.29 is 9.53 Å². The SMILES string of the molecule is CC#CCOC(=O)c1csc(I)c1. The van der Waals surface area contributed by atoms with E-state index in [0.29, 0.717) is 5.56 Å². The van der Waals surface area contributed by atoms with Gasteiger partial charge in [-0.05, 0) is 35.6 Å². The van der Waals surface area contributed by atoms with E-state index in [4.69, 9.17) is 4.74 Å². The summed E-state index contributed by atoms with van der Waals surface area (Å²) in [5.41, 5.74) is 0.604. The number of hydrogen-bond donors (Lipinski definition) is 0. The van der Waals surface area contributed by atoms with E-state index in [1.54, 1.807) is 18.4 Å². The summed E-state index contributed by atoms with van der Waals surface area (Å²) in [5.74, 6) is 5.01. The number of halogens is 1. The predicted octanol–water partition coefficient (Wildman–Crippen LogP) is 2.53. The van der Waals surface area contributed by atoms with Crippen LogP contribution in [0.1, 0.15) is 17.3 Å². The van der Waals surface area contributed by atoms with E-state index in [1.165, 1.54) is 11.3 Å². The predicted molar refractivity (Wildman–Crippen MR) is 60.8 cm³/mol. The van der Waals surface area contributed by atoms with Crippen LogP contribution in [0.4, 0.5) is 0 Å². The van der Waals surface area contributed by atoms with E-state index in [9.17, 15) is 4.79 Å². The summed E-state index contributed by atoms with van der Waals surface area (Å²) < 4.78 is 5.95. The minimum atomic E-state index is -0.304. The van der Waals surface area contributed by atoms with E-state index in [-0.39, 0.29) is 12.6 Å². The largest absolute Gasteiger partial charge is 0.449 e. The fourth-order valence-corrected chi connectivity index (χ4v) is 1.99. The van der Waals surface area contributed by atoms with Crippen molar-refractivity contribution in [3.63, 3.8) is 0 Å². The lowest BCUT2D eigenvalue weighted by molar-refractivity contribution is 0.0557. The second kappa shape index (κ2) is 5.25. The summed E-state index contributed by atoms with van der Waals surface area (Å²) in [6, 6.07) is 1.80. The molecule has 1 aromatic heterocycles. The first-order chi connectivity index (χ1) is 6.24. The highest BCUT2D eigenvalue weighted by Crippen LogP contribution is 2.17. The van der Waals surface area contributed by atoms with E-state index in [1.807, 2.05) is 0 Å². The maximum Gasteiger partial charge on any atom is 0.339 e. The van der Waals surface area contributed by atoms with Crippen LogP contribution >= 0.6 is 33.9 Å². The minimum absolute atomic E-state index is 0.168. The van der Waals surface area contributed by atoms with Crippen LogP contribution in [-0.4, -0.2) is 12.6 Å². The van der Waals surface area contributed by atoms with Crippen molar-refractivity contribution >= 4 is 39.9 Å². The maximum absolute atomic E-state index is 11.2. The number of ether oxygens (including phenoxy) is 1. The highest BCUT2D eigenvalue weighted by atomic mass is 127. The molecular weight excluding hydrogens is 299 g/mol. The van der Waals surface area contributed by atoms with Gasteiger partial charge in [0.1, 0.15) is 0 Å². The molecule has 0 saturated carbocycles. The number of hydrogen-bond acceptors (Lipinski definition) is 3. The van der Waals surface area contributed by atoms with Crippen LogP contribution in [0.15, 0.2) is 11.4 Å². The summed E-state index contributed by atoms with van der Waals surface area (Å²) in [5, 5.41) is 1.78. The average Bonchev–Trinajstić information content (AvgIpc) is 2.52. The van der Waals surface area contributed by atoms with E-state index < -0.39 is 0 Å². The zero-order chi connectivity index (χ0) is 9.68. The molecule has 1 rings (SSSR count). The first kappa shape index (κ1) is 10.5. The van der Waals surface area contributed by atoms with Crippen molar-refractivity contribution in [3.05, 3.63) is 19.9 Å². The Morgan fingerprint density at radius 3 is 3.08 bits per heavy atom. The third-order valence-corrected chi connectivity index (χ3v) is 3.04. The highest BCUT2D eigenvalue weighted by molar-refractivity contribution is 14.1. The lowest BCUT2D eigenvalue weighted by Gasteiger charge is -1.95. The van der Waals surface area contributed by atoms with Crippen molar-refractivity contribution in [2.45, 2.75) is 6.92 Å². The number of carbonyl (C=O) groups is 1. The van der Waals surface area contributed by atoms with Crippen molar-refractivity contribution in [2.75, 3.05) is 6.61 Å². The van der Waals surface area contributed by atoms with Crippen LogP contribution in [0, 0.1) is 14.7 Å². The zero-order valence-corrected chi connectivity index (χ0v) is 9.94. The van der Waals surface area contributed by atoms with Gasteiger partial charge < -0.3 is 4.74 Å². The second-order valence-electron chi connectivity index (χ2n) is 2.14. The molecule has 0 aliphatic carbocycles. The van der Waals surface area contributed by atoms with Gasteiger partial charge in [-0.25, -0.2) is 4.79 Å². The Morgan fingerprint density at radius 2 is 2.54 bits per heavy atom. The molecule has 0 N–H and O–H groups in total. The average molecular weight is 306 g/mol. The fourth-order valence-electron chi connectivity index (χ4n) is 0.674. The second-order valence-corrected chi connectivity index (χ2v) is 4.95. The first-order valence-corrected chi connectivity index (χ1v) is 5.50. The quantitative estimate of drug-likeness (QED) is 0.477. The Labute approximate surface area is 94.4 Å². The number of rotatable bonds is 2. The van der Waals surface area contributed by atoms with Gasteiger partial charge in [0.15, 0.2) is 6.61 Å². The first-order valence-electron chi connectivity index (χ1n) is 3.55. The topological polar surface area (TPSA) is 26.3 Å². The third-order valence-electron chi connectivity index (χ3n) is 1.26. The molecule has 0 saturated heterocycles. The van der Waals surface area contributed by atoms with Gasteiger partial charge in [0.25, 0.3) is 0 Å². The lowest BCUT2D eigenvalue weighted by atomic mass is 10.3. The molecule has 68 valence electrons. The molecule has 13 heavy (non-hydrogen) atoms. The highest BCUT2D eigenvalue weighted by Gasteiger charge is 2.07. The van der Waals surface area contributed by atoms with Gasteiger partial charge in [0.2, 0.25) is 0 Å². The van der Waals surface area contributed by atoms with Crippen LogP contribution in [0.25, 0.3) is 0 Å². The van der Waals surface area contributed by atoms with Gasteiger partial charge in [-0.15, -0.1) is 17.3 Å². The Bertz CT molecular complexity index is 359. The van der Waals surface area contributed by atoms with Crippen LogP contribution in [0.3, 0.4) is 0 Å². The molecule has 0 aliphatic heterocycles. The molecule has 0 amide bonds. The smallest absolute Gasteiger partial charge is 0.339 e. The van der Waals surface area contributed by atoms with Gasteiger partial charge in [-0.1, -0.05) is 5.92 Å². The van der Waals surface area contributed by atoms with Crippen molar-refractivity contribution in [3.8, 4) is 11.8 Å². The Balaban J connectivity index is 2.52. The van der Waals surface area contributed by atoms with Crippen molar-refractivity contribution in [1.29, 1.82) is 0 Å². The molecule has 1 aromatic rings. The van der Waals surface area contributed by atoms with E-state index >= 15 is 0 Å². The Hall–Kier alpha value is -0.540. The van der Waals surface area contributed by atoms with Gasteiger partial charge in [0, 0.05) is 5.38 Å². The Morgan fingerprint density at radius 1 is 1.77 bits per heavy atom. The summed E-state index contributed by atoms with van der Waals surface area (Å²) in [7, 11) is 0. The summed E-state index contributed by atoms with van der Waals surface area (Å²) in [4.78, 5) is 11.2.